The molecule has 1 atom stereocenters. The maximum Gasteiger partial charge on any atom is 0.224 e. The van der Waals surface area contributed by atoms with Gasteiger partial charge in [-0.15, -0.1) is 0 Å². The van der Waals surface area contributed by atoms with Gasteiger partial charge in [-0.05, 0) is 49.9 Å². The fraction of sp³-hybridized carbons (Fsp3) is 0.474. The van der Waals surface area contributed by atoms with Crippen LogP contribution in [-0.2, 0) is 16.0 Å². The quantitative estimate of drug-likeness (QED) is 0.879. The average Bonchev–Trinajstić information content (AvgIpc) is 2.90. The Labute approximate surface area is 152 Å². The predicted octanol–water partition coefficient (Wildman–Crippen LogP) is 3.05. The summed E-state index contributed by atoms with van der Waals surface area (Å²) in [4.78, 5) is 29.0. The van der Waals surface area contributed by atoms with Gasteiger partial charge in [0.1, 0.15) is 0 Å². The molecule has 3 rings (SSSR count). The van der Waals surface area contributed by atoms with Crippen molar-refractivity contribution < 1.29 is 9.59 Å². The zero-order valence-corrected chi connectivity index (χ0v) is 15.4. The van der Waals surface area contributed by atoms with Gasteiger partial charge < -0.3 is 15.2 Å². The van der Waals surface area contributed by atoms with Gasteiger partial charge in [-0.25, -0.2) is 0 Å². The predicted molar refractivity (Wildman–Crippen MR) is 99.7 cm³/mol. The monoisotopic (exact) mass is 361 g/mol. The zero-order valence-electron chi connectivity index (χ0n) is 14.7. The highest BCUT2D eigenvalue weighted by molar-refractivity contribution is 6.31. The first-order valence-corrected chi connectivity index (χ1v) is 9.13. The van der Waals surface area contributed by atoms with E-state index in [1.807, 2.05) is 25.1 Å². The smallest absolute Gasteiger partial charge is 0.224 e. The van der Waals surface area contributed by atoms with E-state index in [0.717, 1.165) is 42.4 Å². The first-order valence-electron chi connectivity index (χ1n) is 8.75. The lowest BCUT2D eigenvalue weighted by Gasteiger charge is -2.31. The van der Waals surface area contributed by atoms with Gasteiger partial charge >= 0.3 is 0 Å². The second-order valence-electron chi connectivity index (χ2n) is 6.76. The lowest BCUT2D eigenvalue weighted by Crippen LogP contribution is -2.45. The van der Waals surface area contributed by atoms with Crippen molar-refractivity contribution in [2.75, 3.05) is 19.6 Å². The fourth-order valence-electron chi connectivity index (χ4n) is 3.61. The van der Waals surface area contributed by atoms with Crippen LogP contribution in [0, 0.1) is 12.8 Å². The number of aryl methyl sites for hydroxylation is 1. The molecular weight excluding hydrogens is 338 g/mol. The molecule has 1 aliphatic rings. The fourth-order valence-corrected chi connectivity index (χ4v) is 3.78. The number of amides is 2. The van der Waals surface area contributed by atoms with E-state index in [1.54, 1.807) is 11.8 Å². The number of rotatable bonds is 4. The minimum absolute atomic E-state index is 0.0430. The van der Waals surface area contributed by atoms with Crippen LogP contribution in [0.15, 0.2) is 18.2 Å². The maximum atomic E-state index is 12.4. The molecule has 0 radical (unpaired) electrons. The summed E-state index contributed by atoms with van der Waals surface area (Å²) in [6, 6.07) is 5.81. The molecule has 1 aromatic carbocycles. The normalized spacial score (nSPS) is 17.7. The van der Waals surface area contributed by atoms with Gasteiger partial charge in [-0.2, -0.15) is 0 Å². The number of aromatic amines is 1. The number of aromatic nitrogens is 1. The molecule has 25 heavy (non-hydrogen) atoms. The lowest BCUT2D eigenvalue weighted by molar-refractivity contribution is -0.133. The van der Waals surface area contributed by atoms with Crippen LogP contribution in [0.1, 0.15) is 31.0 Å². The van der Waals surface area contributed by atoms with Gasteiger partial charge in [-0.3, -0.25) is 9.59 Å². The van der Waals surface area contributed by atoms with Crippen LogP contribution < -0.4 is 5.32 Å². The molecule has 2 heterocycles. The molecule has 0 aliphatic carbocycles. The Balaban J connectivity index is 1.59. The Morgan fingerprint density at radius 2 is 2.20 bits per heavy atom. The number of nitrogens with zero attached hydrogens (tertiary/aromatic N) is 1. The SMILES string of the molecule is CC(=O)N1CCC[C@@H](C(=O)NCCc2c(C)[nH]c3ccc(Cl)cc23)C1. The summed E-state index contributed by atoms with van der Waals surface area (Å²) >= 11 is 6.11. The van der Waals surface area contributed by atoms with Crippen molar-refractivity contribution in [1.29, 1.82) is 0 Å². The second-order valence-corrected chi connectivity index (χ2v) is 7.20. The van der Waals surface area contributed by atoms with E-state index in [2.05, 4.69) is 10.3 Å². The molecular formula is C19H24ClN3O2. The molecule has 134 valence electrons. The number of likely N-dealkylation sites (tertiary alicyclic amines) is 1. The molecule has 1 aromatic heterocycles. The van der Waals surface area contributed by atoms with Crippen molar-refractivity contribution in [2.45, 2.75) is 33.1 Å². The van der Waals surface area contributed by atoms with Crippen LogP contribution in [-0.4, -0.2) is 41.3 Å². The second kappa shape index (κ2) is 7.48. The molecule has 2 N–H and O–H groups in total. The van der Waals surface area contributed by atoms with E-state index >= 15 is 0 Å². The highest BCUT2D eigenvalue weighted by atomic mass is 35.5. The topological polar surface area (TPSA) is 65.2 Å². The molecule has 5 nitrogen and oxygen atoms in total. The number of halogens is 1. The van der Waals surface area contributed by atoms with Crippen molar-refractivity contribution in [3.63, 3.8) is 0 Å². The molecule has 2 amide bonds. The number of benzene rings is 1. The zero-order chi connectivity index (χ0) is 18.0. The van der Waals surface area contributed by atoms with Crippen LogP contribution in [0.2, 0.25) is 5.02 Å². The van der Waals surface area contributed by atoms with E-state index in [9.17, 15) is 9.59 Å². The molecule has 1 aliphatic heterocycles. The van der Waals surface area contributed by atoms with Gasteiger partial charge in [0.05, 0.1) is 5.92 Å². The maximum absolute atomic E-state index is 12.4. The number of hydrogen-bond acceptors (Lipinski definition) is 2. The van der Waals surface area contributed by atoms with Crippen molar-refractivity contribution in [1.82, 2.24) is 15.2 Å². The number of carbonyl (C=O) groups is 2. The summed E-state index contributed by atoms with van der Waals surface area (Å²) in [6.45, 7) is 5.47. The van der Waals surface area contributed by atoms with Crippen LogP contribution in [0.25, 0.3) is 10.9 Å². The molecule has 6 heteroatoms. The van der Waals surface area contributed by atoms with Crippen molar-refractivity contribution >= 4 is 34.3 Å². The van der Waals surface area contributed by atoms with Crippen LogP contribution >= 0.6 is 11.6 Å². The molecule has 0 unspecified atom stereocenters. The minimum atomic E-state index is -0.101. The van der Waals surface area contributed by atoms with Crippen LogP contribution in [0.4, 0.5) is 0 Å². The van der Waals surface area contributed by atoms with Crippen molar-refractivity contribution in [3.8, 4) is 0 Å². The van der Waals surface area contributed by atoms with E-state index < -0.39 is 0 Å². The van der Waals surface area contributed by atoms with Crippen LogP contribution in [0.5, 0.6) is 0 Å². The number of H-pyrrole nitrogens is 1. The van der Waals surface area contributed by atoms with Crippen LogP contribution in [0.3, 0.4) is 0 Å². The Morgan fingerprint density at radius 3 is 2.96 bits per heavy atom. The van der Waals surface area contributed by atoms with Crippen molar-refractivity contribution in [3.05, 3.63) is 34.5 Å². The summed E-state index contributed by atoms with van der Waals surface area (Å²) < 4.78 is 0. The number of fused-ring (bicyclic) bond motifs is 1. The summed E-state index contributed by atoms with van der Waals surface area (Å²) in [6.07, 6.45) is 2.48. The molecule has 1 saturated heterocycles. The first kappa shape index (κ1) is 17.8. The number of piperidine rings is 1. The Hall–Kier alpha value is -2.01. The van der Waals surface area contributed by atoms with Gasteiger partial charge in [-0.1, -0.05) is 11.6 Å². The Bertz CT molecular complexity index is 799. The van der Waals surface area contributed by atoms with E-state index in [0.29, 0.717) is 18.1 Å². The number of carbonyl (C=O) groups excluding carboxylic acids is 2. The Kier molecular flexibility index (Phi) is 5.33. The van der Waals surface area contributed by atoms with E-state index in [-0.39, 0.29) is 17.7 Å². The molecule has 0 saturated carbocycles. The van der Waals surface area contributed by atoms with Gasteiger partial charge in [0.2, 0.25) is 11.8 Å². The molecule has 0 spiro atoms. The van der Waals surface area contributed by atoms with Crippen molar-refractivity contribution in [2.24, 2.45) is 5.92 Å². The highest BCUT2D eigenvalue weighted by Gasteiger charge is 2.26. The standard InChI is InChI=1S/C19H24ClN3O2/c1-12-16(17-10-15(20)5-6-18(17)22-12)7-8-21-19(25)14-4-3-9-23(11-14)13(2)24/h5-6,10,14,22H,3-4,7-9,11H2,1-2H3,(H,21,25)/t14-/m1/s1. The summed E-state index contributed by atoms with van der Waals surface area (Å²) in [5.41, 5.74) is 3.35. The van der Waals surface area contributed by atoms with E-state index in [4.69, 9.17) is 11.6 Å². The minimum Gasteiger partial charge on any atom is -0.358 e. The summed E-state index contributed by atoms with van der Waals surface area (Å²) in [5, 5.41) is 4.86. The Morgan fingerprint density at radius 1 is 1.40 bits per heavy atom. The molecule has 2 aromatic rings. The highest BCUT2D eigenvalue weighted by Crippen LogP contribution is 2.25. The number of hydrogen-bond donors (Lipinski definition) is 2. The molecule has 0 bridgehead atoms. The molecule has 1 fully saturated rings. The third-order valence-electron chi connectivity index (χ3n) is 4.99. The average molecular weight is 362 g/mol. The summed E-state index contributed by atoms with van der Waals surface area (Å²) in [5.74, 6) is -0.0126. The third-order valence-corrected chi connectivity index (χ3v) is 5.23. The van der Waals surface area contributed by atoms with Gasteiger partial charge in [0.25, 0.3) is 0 Å². The third kappa shape index (κ3) is 3.98. The van der Waals surface area contributed by atoms with E-state index in [1.165, 1.54) is 5.56 Å². The first-order chi connectivity index (χ1) is 12.0. The van der Waals surface area contributed by atoms with Gasteiger partial charge in [0.15, 0.2) is 0 Å². The lowest BCUT2D eigenvalue weighted by atomic mass is 9.97. The van der Waals surface area contributed by atoms with Gasteiger partial charge in [0, 0.05) is 48.2 Å². The largest absolute Gasteiger partial charge is 0.358 e. The summed E-state index contributed by atoms with van der Waals surface area (Å²) in [7, 11) is 0. The number of nitrogens with one attached hydrogen (secondary N) is 2.